The smallest absolute Gasteiger partial charge is 0.234 e. The van der Waals surface area contributed by atoms with Gasteiger partial charge in [0.05, 0.1) is 18.0 Å². The normalized spacial score (nSPS) is 18.0. The molecule has 0 saturated carbocycles. The quantitative estimate of drug-likeness (QED) is 0.742. The number of aromatic nitrogens is 2. The van der Waals surface area contributed by atoms with Crippen molar-refractivity contribution in [1.82, 2.24) is 14.5 Å². The van der Waals surface area contributed by atoms with E-state index in [0.717, 1.165) is 5.69 Å². The summed E-state index contributed by atoms with van der Waals surface area (Å²) in [7, 11) is 2.05. The fourth-order valence-corrected chi connectivity index (χ4v) is 4.32. The summed E-state index contributed by atoms with van der Waals surface area (Å²) >= 11 is 1.69. The summed E-state index contributed by atoms with van der Waals surface area (Å²) in [6.07, 6.45) is 3.92. The molecule has 116 valence electrons. The third-order valence-electron chi connectivity index (χ3n) is 4.22. The second-order valence-electron chi connectivity index (χ2n) is 5.72. The van der Waals surface area contributed by atoms with Gasteiger partial charge < -0.3 is 9.47 Å². The van der Waals surface area contributed by atoms with Crippen LogP contribution in [0.5, 0.6) is 0 Å². The number of hydrogen-bond donors (Lipinski definition) is 0. The van der Waals surface area contributed by atoms with Gasteiger partial charge in [-0.05, 0) is 18.2 Å². The van der Waals surface area contributed by atoms with Crippen LogP contribution in [0.25, 0.3) is 10.9 Å². The van der Waals surface area contributed by atoms with E-state index >= 15 is 0 Å². The molecule has 4 nitrogen and oxygen atoms in total. The zero-order valence-electron chi connectivity index (χ0n) is 12.8. The molecular formula is C18H17N3OS. The summed E-state index contributed by atoms with van der Waals surface area (Å²) in [4.78, 5) is 18.7. The average Bonchev–Trinajstić information content (AvgIpc) is 3.10. The summed E-state index contributed by atoms with van der Waals surface area (Å²) in [6, 6.07) is 14.2. The number of carbonyl (C=O) groups excluding carboxylic acids is 1. The molecule has 5 heteroatoms. The van der Waals surface area contributed by atoms with Crippen LogP contribution in [0, 0.1) is 0 Å². The maximum absolute atomic E-state index is 12.4. The molecule has 0 bridgehead atoms. The second-order valence-corrected chi connectivity index (χ2v) is 6.79. The lowest BCUT2D eigenvalue weighted by molar-refractivity contribution is -0.128. The first-order chi connectivity index (χ1) is 11.2. The Morgan fingerprint density at radius 2 is 2.04 bits per heavy atom. The molecule has 1 fully saturated rings. The number of amides is 1. The largest absolute Gasteiger partial charge is 0.350 e. The number of nitrogens with zero attached hydrogens (tertiary/aromatic N) is 3. The number of rotatable bonds is 3. The molecule has 2 aromatic heterocycles. The van der Waals surface area contributed by atoms with Crippen molar-refractivity contribution >= 4 is 28.6 Å². The molecule has 3 aromatic rings. The SMILES string of the molecule is Cn1cc(C2SCC(=O)N2Cc2ccccn2)c2ccccc21. The second kappa shape index (κ2) is 5.74. The molecule has 0 radical (unpaired) electrons. The van der Waals surface area contributed by atoms with Crippen LogP contribution in [-0.4, -0.2) is 26.1 Å². The number of pyridine rings is 1. The van der Waals surface area contributed by atoms with Gasteiger partial charge in [0.15, 0.2) is 0 Å². The Kier molecular flexibility index (Phi) is 3.58. The van der Waals surface area contributed by atoms with Crippen molar-refractivity contribution in [3.63, 3.8) is 0 Å². The monoisotopic (exact) mass is 323 g/mol. The fraction of sp³-hybridized carbons (Fsp3) is 0.222. The molecule has 0 spiro atoms. The maximum Gasteiger partial charge on any atom is 0.234 e. The first kappa shape index (κ1) is 14.3. The van der Waals surface area contributed by atoms with E-state index in [1.54, 1.807) is 18.0 Å². The molecule has 1 aromatic carbocycles. The van der Waals surface area contributed by atoms with Crippen LogP contribution in [0.15, 0.2) is 54.9 Å². The van der Waals surface area contributed by atoms with Gasteiger partial charge in [-0.3, -0.25) is 9.78 Å². The first-order valence-electron chi connectivity index (χ1n) is 7.59. The lowest BCUT2D eigenvalue weighted by Crippen LogP contribution is -2.28. The number of hydrogen-bond acceptors (Lipinski definition) is 3. The number of aryl methyl sites for hydroxylation is 1. The van der Waals surface area contributed by atoms with Gasteiger partial charge in [0.2, 0.25) is 5.91 Å². The van der Waals surface area contributed by atoms with Crippen molar-refractivity contribution in [2.75, 3.05) is 5.75 Å². The topological polar surface area (TPSA) is 38.1 Å². The Balaban J connectivity index is 1.73. The van der Waals surface area contributed by atoms with Gasteiger partial charge in [-0.1, -0.05) is 24.3 Å². The van der Waals surface area contributed by atoms with Gasteiger partial charge >= 0.3 is 0 Å². The number of benzene rings is 1. The molecule has 0 N–H and O–H groups in total. The van der Waals surface area contributed by atoms with Gasteiger partial charge in [0.1, 0.15) is 5.37 Å². The van der Waals surface area contributed by atoms with Gasteiger partial charge in [0, 0.05) is 35.9 Å². The summed E-state index contributed by atoms with van der Waals surface area (Å²) in [5, 5.41) is 1.27. The van der Waals surface area contributed by atoms with Crippen molar-refractivity contribution in [2.24, 2.45) is 7.05 Å². The number of thioether (sulfide) groups is 1. The average molecular weight is 323 g/mol. The predicted octanol–water partition coefficient (Wildman–Crippen LogP) is 3.35. The minimum absolute atomic E-state index is 0.0515. The molecular weight excluding hydrogens is 306 g/mol. The van der Waals surface area contributed by atoms with Gasteiger partial charge in [-0.15, -0.1) is 11.8 Å². The third kappa shape index (κ3) is 2.51. The van der Waals surface area contributed by atoms with Crippen LogP contribution in [0.4, 0.5) is 0 Å². The van der Waals surface area contributed by atoms with Crippen molar-refractivity contribution in [1.29, 1.82) is 0 Å². The first-order valence-corrected chi connectivity index (χ1v) is 8.64. The van der Waals surface area contributed by atoms with Gasteiger partial charge in [0.25, 0.3) is 0 Å². The van der Waals surface area contributed by atoms with Crippen molar-refractivity contribution in [3.8, 4) is 0 Å². The molecule has 1 unspecified atom stereocenters. The Labute approximate surface area is 139 Å². The van der Waals surface area contributed by atoms with Crippen LogP contribution in [0.1, 0.15) is 16.6 Å². The number of para-hydroxylation sites is 1. The summed E-state index contributed by atoms with van der Waals surface area (Å²) < 4.78 is 2.13. The zero-order chi connectivity index (χ0) is 15.8. The minimum atomic E-state index is 0.0515. The summed E-state index contributed by atoms with van der Waals surface area (Å²) in [5.74, 6) is 0.708. The van der Waals surface area contributed by atoms with Crippen LogP contribution >= 0.6 is 11.8 Å². The van der Waals surface area contributed by atoms with Crippen molar-refractivity contribution in [3.05, 3.63) is 66.1 Å². The Bertz CT molecular complexity index is 859. The third-order valence-corrected chi connectivity index (χ3v) is 5.46. The van der Waals surface area contributed by atoms with E-state index in [-0.39, 0.29) is 11.3 Å². The molecule has 1 saturated heterocycles. The zero-order valence-corrected chi connectivity index (χ0v) is 13.7. The summed E-state index contributed by atoms with van der Waals surface area (Å²) in [5.41, 5.74) is 3.32. The van der Waals surface area contributed by atoms with E-state index in [9.17, 15) is 4.79 Å². The van der Waals surface area contributed by atoms with Crippen LogP contribution < -0.4 is 0 Å². The van der Waals surface area contributed by atoms with Crippen LogP contribution in [0.2, 0.25) is 0 Å². The molecule has 1 amide bonds. The Hall–Kier alpha value is -2.27. The van der Waals surface area contributed by atoms with Crippen molar-refractivity contribution < 1.29 is 4.79 Å². The van der Waals surface area contributed by atoms with E-state index in [0.29, 0.717) is 12.3 Å². The van der Waals surface area contributed by atoms with Crippen LogP contribution in [0.3, 0.4) is 0 Å². The molecule has 1 aliphatic heterocycles. The number of fused-ring (bicyclic) bond motifs is 1. The van der Waals surface area contributed by atoms with E-state index in [1.807, 2.05) is 29.2 Å². The van der Waals surface area contributed by atoms with Gasteiger partial charge in [-0.25, -0.2) is 0 Å². The summed E-state index contributed by atoms with van der Waals surface area (Å²) in [6.45, 7) is 0.556. The highest BCUT2D eigenvalue weighted by Crippen LogP contribution is 2.42. The molecule has 4 rings (SSSR count). The van der Waals surface area contributed by atoms with Crippen LogP contribution in [-0.2, 0) is 18.4 Å². The van der Waals surface area contributed by atoms with Crippen molar-refractivity contribution in [2.45, 2.75) is 11.9 Å². The molecule has 1 aliphatic rings. The highest BCUT2D eigenvalue weighted by atomic mass is 32.2. The Morgan fingerprint density at radius 1 is 1.22 bits per heavy atom. The predicted molar refractivity (Wildman–Crippen MR) is 92.9 cm³/mol. The van der Waals surface area contributed by atoms with E-state index in [1.165, 1.54) is 16.5 Å². The molecule has 1 atom stereocenters. The molecule has 23 heavy (non-hydrogen) atoms. The minimum Gasteiger partial charge on any atom is -0.350 e. The lowest BCUT2D eigenvalue weighted by atomic mass is 10.1. The van der Waals surface area contributed by atoms with E-state index < -0.39 is 0 Å². The maximum atomic E-state index is 12.4. The fourth-order valence-electron chi connectivity index (χ4n) is 3.12. The standard InChI is InChI=1S/C18H17N3OS/c1-20-11-15(14-7-2-3-8-16(14)20)18-21(17(22)12-23-18)10-13-6-4-5-9-19-13/h2-9,11,18H,10,12H2,1H3. The van der Waals surface area contributed by atoms with E-state index in [4.69, 9.17) is 0 Å². The highest BCUT2D eigenvalue weighted by Gasteiger charge is 2.34. The number of carbonyl (C=O) groups is 1. The van der Waals surface area contributed by atoms with E-state index in [2.05, 4.69) is 41.0 Å². The molecule has 3 heterocycles. The highest BCUT2D eigenvalue weighted by molar-refractivity contribution is 8.00. The lowest BCUT2D eigenvalue weighted by Gasteiger charge is -2.23. The van der Waals surface area contributed by atoms with Gasteiger partial charge in [-0.2, -0.15) is 0 Å². The molecule has 0 aliphatic carbocycles. The Morgan fingerprint density at radius 3 is 2.87 bits per heavy atom.